The van der Waals surface area contributed by atoms with Crippen molar-refractivity contribution in [3.8, 4) is 22.8 Å². The number of hydrogen-bond donors (Lipinski definition) is 1. The van der Waals surface area contributed by atoms with Crippen molar-refractivity contribution in [3.63, 3.8) is 0 Å². The molecular formula is C16H14FNO4. The smallest absolute Gasteiger partial charge is 0.227 e. The van der Waals surface area contributed by atoms with Crippen molar-refractivity contribution >= 4 is 0 Å². The third-order valence-corrected chi connectivity index (χ3v) is 3.21. The van der Waals surface area contributed by atoms with E-state index in [0.29, 0.717) is 28.5 Å². The van der Waals surface area contributed by atoms with Crippen molar-refractivity contribution < 1.29 is 23.1 Å². The zero-order valence-electron chi connectivity index (χ0n) is 11.8. The van der Waals surface area contributed by atoms with Gasteiger partial charge in [-0.3, -0.25) is 0 Å². The van der Waals surface area contributed by atoms with Crippen LogP contribution in [0.3, 0.4) is 0 Å². The van der Waals surface area contributed by atoms with Crippen molar-refractivity contribution in [2.24, 2.45) is 0 Å². The number of hydrogen-bond acceptors (Lipinski definition) is 5. The average Bonchev–Trinajstić information content (AvgIpc) is 3.17. The van der Waals surface area contributed by atoms with Gasteiger partial charge in [0.25, 0.3) is 0 Å². The highest BCUT2D eigenvalue weighted by Gasteiger charge is 2.19. The number of aliphatic hydroxyl groups excluding tert-OH is 1. The number of rotatable bonds is 5. The first-order chi connectivity index (χ1) is 10.7. The molecule has 1 N–H and O–H groups in total. The molecule has 114 valence electrons. The molecule has 2 heterocycles. The zero-order valence-corrected chi connectivity index (χ0v) is 11.8. The lowest BCUT2D eigenvalue weighted by atomic mass is 10.2. The van der Waals surface area contributed by atoms with Gasteiger partial charge < -0.3 is 18.7 Å². The Balaban J connectivity index is 2.02. The lowest BCUT2D eigenvalue weighted by Gasteiger charge is -2.05. The molecule has 0 fully saturated rings. The standard InChI is InChI=1S/C16H14FNO4/c1-20-14(19)8-13-15(11-6-7-21-9-11)22-16(18-13)10-2-4-12(17)5-3-10/h2-7,9,14,19H,8H2,1H3. The van der Waals surface area contributed by atoms with E-state index in [2.05, 4.69) is 4.98 Å². The molecule has 0 amide bonds. The Bertz CT molecular complexity index is 734. The van der Waals surface area contributed by atoms with Gasteiger partial charge in [0.05, 0.1) is 17.5 Å². The molecule has 6 heteroatoms. The van der Waals surface area contributed by atoms with E-state index in [-0.39, 0.29) is 12.2 Å². The van der Waals surface area contributed by atoms with Crippen molar-refractivity contribution in [1.82, 2.24) is 4.98 Å². The van der Waals surface area contributed by atoms with Gasteiger partial charge in [-0.25, -0.2) is 9.37 Å². The molecule has 0 saturated carbocycles. The highest BCUT2D eigenvalue weighted by Crippen LogP contribution is 2.31. The Morgan fingerprint density at radius 3 is 2.64 bits per heavy atom. The van der Waals surface area contributed by atoms with Crippen LogP contribution in [-0.2, 0) is 11.2 Å². The molecule has 0 radical (unpaired) electrons. The number of nitrogens with zero attached hydrogens (tertiary/aromatic N) is 1. The maximum Gasteiger partial charge on any atom is 0.227 e. The van der Waals surface area contributed by atoms with E-state index in [1.165, 1.54) is 31.8 Å². The minimum absolute atomic E-state index is 0.168. The number of aromatic nitrogens is 1. The quantitative estimate of drug-likeness (QED) is 0.733. The van der Waals surface area contributed by atoms with Gasteiger partial charge in [-0.2, -0.15) is 0 Å². The average molecular weight is 303 g/mol. The van der Waals surface area contributed by atoms with Crippen LogP contribution >= 0.6 is 0 Å². The fourth-order valence-electron chi connectivity index (χ4n) is 2.07. The Labute approximate surface area is 126 Å². The summed E-state index contributed by atoms with van der Waals surface area (Å²) >= 11 is 0. The Kier molecular flexibility index (Phi) is 4.04. The summed E-state index contributed by atoms with van der Waals surface area (Å²) in [6, 6.07) is 7.56. The lowest BCUT2D eigenvalue weighted by Crippen LogP contribution is -2.13. The first-order valence-corrected chi connectivity index (χ1v) is 6.66. The Morgan fingerprint density at radius 2 is 2.00 bits per heavy atom. The van der Waals surface area contributed by atoms with Gasteiger partial charge in [0.15, 0.2) is 12.1 Å². The van der Waals surface area contributed by atoms with Gasteiger partial charge in [0.2, 0.25) is 5.89 Å². The molecule has 3 aromatic rings. The molecule has 0 saturated heterocycles. The first kappa shape index (κ1) is 14.5. The van der Waals surface area contributed by atoms with Crippen LogP contribution in [0, 0.1) is 5.82 Å². The summed E-state index contributed by atoms with van der Waals surface area (Å²) in [6.45, 7) is 0. The van der Waals surface area contributed by atoms with Crippen LogP contribution in [0.1, 0.15) is 5.69 Å². The molecule has 2 aromatic heterocycles. The SMILES string of the molecule is COC(O)Cc1nc(-c2ccc(F)cc2)oc1-c1ccoc1. The largest absolute Gasteiger partial charge is 0.472 e. The number of oxazole rings is 1. The number of ether oxygens (including phenoxy) is 1. The van der Waals surface area contributed by atoms with Crippen LogP contribution in [-0.4, -0.2) is 23.5 Å². The second kappa shape index (κ2) is 6.13. The number of furan rings is 1. The normalized spacial score (nSPS) is 12.5. The number of benzene rings is 1. The van der Waals surface area contributed by atoms with Crippen LogP contribution in [0.25, 0.3) is 22.8 Å². The topological polar surface area (TPSA) is 68.6 Å². The van der Waals surface area contributed by atoms with Crippen molar-refractivity contribution in [2.45, 2.75) is 12.7 Å². The van der Waals surface area contributed by atoms with Gasteiger partial charge in [0.1, 0.15) is 12.1 Å². The summed E-state index contributed by atoms with van der Waals surface area (Å²) in [5, 5.41) is 9.67. The van der Waals surface area contributed by atoms with Crippen LogP contribution in [0.15, 0.2) is 51.7 Å². The second-order valence-corrected chi connectivity index (χ2v) is 4.71. The predicted octanol–water partition coefficient (Wildman–Crippen LogP) is 3.25. The molecular weight excluding hydrogens is 289 g/mol. The van der Waals surface area contributed by atoms with E-state index in [4.69, 9.17) is 13.6 Å². The fraction of sp³-hybridized carbons (Fsp3) is 0.188. The van der Waals surface area contributed by atoms with E-state index >= 15 is 0 Å². The monoisotopic (exact) mass is 303 g/mol. The van der Waals surface area contributed by atoms with Gasteiger partial charge in [-0.05, 0) is 30.3 Å². The summed E-state index contributed by atoms with van der Waals surface area (Å²) in [4.78, 5) is 4.38. The maximum atomic E-state index is 13.0. The lowest BCUT2D eigenvalue weighted by molar-refractivity contribution is -0.0725. The molecule has 0 bridgehead atoms. The summed E-state index contributed by atoms with van der Waals surface area (Å²) in [6.07, 6.45) is 2.22. The molecule has 0 aliphatic rings. The van der Waals surface area contributed by atoms with E-state index in [9.17, 15) is 9.50 Å². The molecule has 0 spiro atoms. The number of halogens is 1. The molecule has 1 unspecified atom stereocenters. The van der Waals surface area contributed by atoms with Gasteiger partial charge >= 0.3 is 0 Å². The second-order valence-electron chi connectivity index (χ2n) is 4.71. The summed E-state index contributed by atoms with van der Waals surface area (Å²) < 4.78 is 28.7. The summed E-state index contributed by atoms with van der Waals surface area (Å²) in [5.41, 5.74) is 1.89. The first-order valence-electron chi connectivity index (χ1n) is 6.66. The summed E-state index contributed by atoms with van der Waals surface area (Å²) in [7, 11) is 1.41. The summed E-state index contributed by atoms with van der Waals surface area (Å²) in [5.74, 6) is 0.499. The van der Waals surface area contributed by atoms with Crippen molar-refractivity contribution in [1.29, 1.82) is 0 Å². The van der Waals surface area contributed by atoms with E-state index in [0.717, 1.165) is 0 Å². The molecule has 1 aromatic carbocycles. The third-order valence-electron chi connectivity index (χ3n) is 3.21. The minimum Gasteiger partial charge on any atom is -0.472 e. The minimum atomic E-state index is -0.989. The number of methoxy groups -OCH3 is 1. The van der Waals surface area contributed by atoms with Crippen LogP contribution < -0.4 is 0 Å². The molecule has 0 aliphatic heterocycles. The van der Waals surface area contributed by atoms with Gasteiger partial charge in [0, 0.05) is 19.1 Å². The van der Waals surface area contributed by atoms with E-state index in [1.807, 2.05) is 0 Å². The molecule has 1 atom stereocenters. The Hall–Kier alpha value is -2.44. The van der Waals surface area contributed by atoms with E-state index in [1.54, 1.807) is 18.2 Å². The van der Waals surface area contributed by atoms with Crippen LogP contribution in [0.4, 0.5) is 4.39 Å². The number of aliphatic hydroxyl groups is 1. The molecule has 5 nitrogen and oxygen atoms in total. The fourth-order valence-corrected chi connectivity index (χ4v) is 2.07. The highest BCUT2D eigenvalue weighted by atomic mass is 19.1. The van der Waals surface area contributed by atoms with Gasteiger partial charge in [-0.15, -0.1) is 0 Å². The van der Waals surface area contributed by atoms with E-state index < -0.39 is 6.29 Å². The van der Waals surface area contributed by atoms with Crippen LogP contribution in [0.5, 0.6) is 0 Å². The van der Waals surface area contributed by atoms with Crippen molar-refractivity contribution in [2.75, 3.05) is 7.11 Å². The zero-order chi connectivity index (χ0) is 15.5. The van der Waals surface area contributed by atoms with Crippen LogP contribution in [0.2, 0.25) is 0 Å². The molecule has 22 heavy (non-hydrogen) atoms. The third kappa shape index (κ3) is 2.93. The predicted molar refractivity (Wildman–Crippen MR) is 76.3 cm³/mol. The molecule has 0 aliphatic carbocycles. The maximum absolute atomic E-state index is 13.0. The van der Waals surface area contributed by atoms with Crippen molar-refractivity contribution in [3.05, 3.63) is 54.4 Å². The highest BCUT2D eigenvalue weighted by molar-refractivity contribution is 5.63. The van der Waals surface area contributed by atoms with Gasteiger partial charge in [-0.1, -0.05) is 0 Å². The Morgan fingerprint density at radius 1 is 1.23 bits per heavy atom. The molecule has 3 rings (SSSR count).